The molecular formula is C13H21N3O3. The van der Waals surface area contributed by atoms with E-state index in [2.05, 4.69) is 11.9 Å². The number of rotatable bonds is 8. The number of aliphatic carboxylic acids is 1. The van der Waals surface area contributed by atoms with Crippen LogP contribution in [0.25, 0.3) is 0 Å². The number of carbonyl (C=O) groups excluding carboxylic acids is 1. The summed E-state index contributed by atoms with van der Waals surface area (Å²) in [4.78, 5) is 28.2. The van der Waals surface area contributed by atoms with E-state index in [1.807, 2.05) is 10.8 Å². The number of nitrogens with zero attached hydrogens (tertiary/aromatic N) is 3. The normalized spacial score (nSPS) is 12.1. The average molecular weight is 267 g/mol. The SMILES string of the molecule is CCCC(CC(=O)N(CC)CC(=O)O)n1ccnc1. The third-order valence-corrected chi connectivity index (χ3v) is 3.04. The van der Waals surface area contributed by atoms with Gasteiger partial charge in [-0.25, -0.2) is 4.98 Å². The Bertz CT molecular complexity index is 403. The van der Waals surface area contributed by atoms with Gasteiger partial charge in [0.05, 0.1) is 6.33 Å². The van der Waals surface area contributed by atoms with Gasteiger partial charge in [0.2, 0.25) is 5.91 Å². The molecular weight excluding hydrogens is 246 g/mol. The predicted octanol–water partition coefficient (Wildman–Crippen LogP) is 1.55. The molecule has 0 aliphatic rings. The molecule has 0 aromatic carbocycles. The zero-order valence-electron chi connectivity index (χ0n) is 11.5. The van der Waals surface area contributed by atoms with Crippen molar-refractivity contribution in [1.29, 1.82) is 0 Å². The van der Waals surface area contributed by atoms with Gasteiger partial charge in [-0.3, -0.25) is 9.59 Å². The second-order valence-electron chi connectivity index (χ2n) is 4.46. The van der Waals surface area contributed by atoms with Crippen molar-refractivity contribution in [2.75, 3.05) is 13.1 Å². The molecule has 1 amide bonds. The standard InChI is InChI=1S/C13H21N3O3/c1-3-5-11(16-7-6-14-10-16)8-12(17)15(4-2)9-13(18)19/h6-7,10-11H,3-5,8-9H2,1-2H3,(H,18,19). The lowest BCUT2D eigenvalue weighted by Gasteiger charge is -2.23. The Morgan fingerprint density at radius 2 is 2.16 bits per heavy atom. The fourth-order valence-corrected chi connectivity index (χ4v) is 2.05. The summed E-state index contributed by atoms with van der Waals surface area (Å²) in [5.41, 5.74) is 0. The summed E-state index contributed by atoms with van der Waals surface area (Å²) < 4.78 is 1.91. The van der Waals surface area contributed by atoms with Crippen LogP contribution in [0.15, 0.2) is 18.7 Å². The largest absolute Gasteiger partial charge is 0.480 e. The van der Waals surface area contributed by atoms with E-state index < -0.39 is 5.97 Å². The topological polar surface area (TPSA) is 75.4 Å². The third kappa shape index (κ3) is 4.73. The van der Waals surface area contributed by atoms with Crippen molar-refractivity contribution in [1.82, 2.24) is 14.5 Å². The Kier molecular flexibility index (Phi) is 6.05. The molecule has 0 aliphatic heterocycles. The minimum absolute atomic E-state index is 0.0443. The van der Waals surface area contributed by atoms with Gasteiger partial charge in [0, 0.05) is 31.4 Å². The highest BCUT2D eigenvalue weighted by Gasteiger charge is 2.20. The van der Waals surface area contributed by atoms with Gasteiger partial charge < -0.3 is 14.6 Å². The molecule has 0 radical (unpaired) electrons. The van der Waals surface area contributed by atoms with Crippen molar-refractivity contribution in [3.8, 4) is 0 Å². The number of likely N-dealkylation sites (N-methyl/N-ethyl adjacent to an activating group) is 1. The number of aromatic nitrogens is 2. The molecule has 1 rings (SSSR count). The van der Waals surface area contributed by atoms with Crippen molar-refractivity contribution >= 4 is 11.9 Å². The maximum atomic E-state index is 12.1. The Morgan fingerprint density at radius 1 is 1.42 bits per heavy atom. The quantitative estimate of drug-likeness (QED) is 0.775. The summed E-state index contributed by atoms with van der Waals surface area (Å²) in [6.45, 7) is 4.02. The molecule has 0 bridgehead atoms. The van der Waals surface area contributed by atoms with E-state index in [4.69, 9.17) is 5.11 Å². The highest BCUT2D eigenvalue weighted by molar-refractivity contribution is 5.81. The van der Waals surface area contributed by atoms with Crippen LogP contribution in [0, 0.1) is 0 Å². The molecule has 1 atom stereocenters. The van der Waals surface area contributed by atoms with Gasteiger partial charge in [-0.1, -0.05) is 13.3 Å². The van der Waals surface area contributed by atoms with Gasteiger partial charge in [-0.15, -0.1) is 0 Å². The average Bonchev–Trinajstić information content (AvgIpc) is 2.88. The molecule has 0 fully saturated rings. The van der Waals surface area contributed by atoms with Gasteiger partial charge in [0.25, 0.3) is 0 Å². The van der Waals surface area contributed by atoms with E-state index in [-0.39, 0.29) is 18.5 Å². The molecule has 1 aromatic rings. The molecule has 6 heteroatoms. The van der Waals surface area contributed by atoms with Crippen LogP contribution in [-0.4, -0.2) is 44.5 Å². The van der Waals surface area contributed by atoms with Crippen molar-refractivity contribution < 1.29 is 14.7 Å². The zero-order chi connectivity index (χ0) is 14.3. The minimum atomic E-state index is -0.982. The van der Waals surface area contributed by atoms with Crippen molar-refractivity contribution in [2.24, 2.45) is 0 Å². The van der Waals surface area contributed by atoms with E-state index in [1.54, 1.807) is 19.4 Å². The fourth-order valence-electron chi connectivity index (χ4n) is 2.05. The Hall–Kier alpha value is -1.85. The van der Waals surface area contributed by atoms with Crippen molar-refractivity contribution in [3.63, 3.8) is 0 Å². The molecule has 106 valence electrons. The number of imidazole rings is 1. The van der Waals surface area contributed by atoms with E-state index in [9.17, 15) is 9.59 Å². The highest BCUT2D eigenvalue weighted by atomic mass is 16.4. The van der Waals surface area contributed by atoms with Gasteiger partial charge in [-0.05, 0) is 13.3 Å². The molecule has 0 saturated carbocycles. The first-order valence-electron chi connectivity index (χ1n) is 6.55. The second kappa shape index (κ2) is 7.56. The number of amides is 1. The summed E-state index contributed by atoms with van der Waals surface area (Å²) in [6.07, 6.45) is 7.35. The lowest BCUT2D eigenvalue weighted by Crippen LogP contribution is -2.36. The number of hydrogen-bond acceptors (Lipinski definition) is 3. The minimum Gasteiger partial charge on any atom is -0.480 e. The Balaban J connectivity index is 2.67. The lowest BCUT2D eigenvalue weighted by atomic mass is 10.1. The highest BCUT2D eigenvalue weighted by Crippen LogP contribution is 2.18. The number of carboxylic acid groups (broad SMARTS) is 1. The van der Waals surface area contributed by atoms with Gasteiger partial charge in [-0.2, -0.15) is 0 Å². The Labute approximate surface area is 113 Å². The maximum Gasteiger partial charge on any atom is 0.323 e. The van der Waals surface area contributed by atoms with E-state index in [0.717, 1.165) is 12.8 Å². The fraction of sp³-hybridized carbons (Fsp3) is 0.615. The molecule has 1 heterocycles. The Morgan fingerprint density at radius 3 is 2.63 bits per heavy atom. The summed E-state index contributed by atoms with van der Waals surface area (Å²) in [5.74, 6) is -1.11. The third-order valence-electron chi connectivity index (χ3n) is 3.04. The number of hydrogen-bond donors (Lipinski definition) is 1. The zero-order valence-corrected chi connectivity index (χ0v) is 11.5. The summed E-state index contributed by atoms with van der Waals surface area (Å²) in [7, 11) is 0. The number of carbonyl (C=O) groups is 2. The molecule has 1 unspecified atom stereocenters. The van der Waals surface area contributed by atoms with Crippen LogP contribution >= 0.6 is 0 Å². The number of carboxylic acids is 1. The summed E-state index contributed by atoms with van der Waals surface area (Å²) >= 11 is 0. The first-order chi connectivity index (χ1) is 9.08. The monoisotopic (exact) mass is 267 g/mol. The van der Waals surface area contributed by atoms with Gasteiger partial charge in [0.1, 0.15) is 6.54 Å². The van der Waals surface area contributed by atoms with Crippen LogP contribution in [0.5, 0.6) is 0 Å². The molecule has 0 aliphatic carbocycles. The van der Waals surface area contributed by atoms with Crippen LogP contribution in [0.3, 0.4) is 0 Å². The first-order valence-corrected chi connectivity index (χ1v) is 6.55. The van der Waals surface area contributed by atoms with E-state index >= 15 is 0 Å². The maximum absolute atomic E-state index is 12.1. The van der Waals surface area contributed by atoms with E-state index in [1.165, 1.54) is 4.90 Å². The molecule has 0 saturated heterocycles. The van der Waals surface area contributed by atoms with Crippen LogP contribution in [0.4, 0.5) is 0 Å². The molecule has 1 N–H and O–H groups in total. The van der Waals surface area contributed by atoms with Crippen molar-refractivity contribution in [2.45, 2.75) is 39.2 Å². The first kappa shape index (κ1) is 15.2. The van der Waals surface area contributed by atoms with E-state index in [0.29, 0.717) is 13.0 Å². The molecule has 6 nitrogen and oxygen atoms in total. The summed E-state index contributed by atoms with van der Waals surface area (Å²) in [6, 6.07) is 0.0443. The lowest BCUT2D eigenvalue weighted by molar-refractivity contribution is -0.144. The van der Waals surface area contributed by atoms with Crippen molar-refractivity contribution in [3.05, 3.63) is 18.7 Å². The molecule has 19 heavy (non-hydrogen) atoms. The molecule has 1 aromatic heterocycles. The molecule has 0 spiro atoms. The second-order valence-corrected chi connectivity index (χ2v) is 4.46. The van der Waals surface area contributed by atoms with Crippen LogP contribution < -0.4 is 0 Å². The van der Waals surface area contributed by atoms with Crippen LogP contribution in [0.2, 0.25) is 0 Å². The smallest absolute Gasteiger partial charge is 0.323 e. The predicted molar refractivity (Wildman–Crippen MR) is 70.7 cm³/mol. The van der Waals surface area contributed by atoms with Gasteiger partial charge >= 0.3 is 5.97 Å². The van der Waals surface area contributed by atoms with Crippen LogP contribution in [-0.2, 0) is 9.59 Å². The van der Waals surface area contributed by atoms with Crippen LogP contribution in [0.1, 0.15) is 39.2 Å². The summed E-state index contributed by atoms with van der Waals surface area (Å²) in [5, 5.41) is 8.78. The van der Waals surface area contributed by atoms with Gasteiger partial charge in [0.15, 0.2) is 0 Å².